The van der Waals surface area contributed by atoms with Crippen molar-refractivity contribution in [1.29, 1.82) is 0 Å². The SMILES string of the molecule is CCC1CCC(CN)(C2(O)CCCC2C)CC1. The van der Waals surface area contributed by atoms with Crippen molar-refractivity contribution in [2.45, 2.75) is 70.8 Å². The summed E-state index contributed by atoms with van der Waals surface area (Å²) in [5.74, 6) is 1.30. The van der Waals surface area contributed by atoms with Crippen molar-refractivity contribution in [3.63, 3.8) is 0 Å². The Morgan fingerprint density at radius 1 is 1.18 bits per heavy atom. The fourth-order valence-electron chi connectivity index (χ4n) is 4.40. The zero-order valence-electron chi connectivity index (χ0n) is 11.5. The number of hydrogen-bond donors (Lipinski definition) is 2. The fourth-order valence-corrected chi connectivity index (χ4v) is 4.40. The maximum absolute atomic E-state index is 11.1. The second kappa shape index (κ2) is 4.89. The summed E-state index contributed by atoms with van der Waals surface area (Å²) < 4.78 is 0. The minimum absolute atomic E-state index is 0.0224. The summed E-state index contributed by atoms with van der Waals surface area (Å²) >= 11 is 0. The van der Waals surface area contributed by atoms with Crippen molar-refractivity contribution >= 4 is 0 Å². The fraction of sp³-hybridized carbons (Fsp3) is 1.00. The van der Waals surface area contributed by atoms with Crippen molar-refractivity contribution in [1.82, 2.24) is 0 Å². The van der Waals surface area contributed by atoms with Crippen LogP contribution >= 0.6 is 0 Å². The van der Waals surface area contributed by atoms with Gasteiger partial charge in [0.15, 0.2) is 0 Å². The Balaban J connectivity index is 2.15. The second-order valence-electron chi connectivity index (χ2n) is 6.55. The molecule has 0 aromatic carbocycles. The normalized spacial score (nSPS) is 47.3. The van der Waals surface area contributed by atoms with Crippen LogP contribution in [0.1, 0.15) is 65.2 Å². The minimum Gasteiger partial charge on any atom is -0.389 e. The highest BCUT2D eigenvalue weighted by Gasteiger charge is 2.54. The van der Waals surface area contributed by atoms with Gasteiger partial charge in [-0.3, -0.25) is 0 Å². The lowest BCUT2D eigenvalue weighted by atomic mass is 9.58. The highest BCUT2D eigenvalue weighted by atomic mass is 16.3. The number of rotatable bonds is 3. The molecule has 100 valence electrons. The Kier molecular flexibility index (Phi) is 3.84. The van der Waals surface area contributed by atoms with Crippen LogP contribution in [0, 0.1) is 17.3 Å². The van der Waals surface area contributed by atoms with Gasteiger partial charge in [0, 0.05) is 12.0 Å². The van der Waals surface area contributed by atoms with Crippen molar-refractivity contribution in [2.24, 2.45) is 23.0 Å². The Morgan fingerprint density at radius 2 is 1.82 bits per heavy atom. The first-order valence-corrected chi connectivity index (χ1v) is 7.50. The molecule has 0 aromatic rings. The van der Waals surface area contributed by atoms with Crippen LogP contribution in [0.3, 0.4) is 0 Å². The summed E-state index contributed by atoms with van der Waals surface area (Å²) in [6.45, 7) is 5.17. The van der Waals surface area contributed by atoms with Gasteiger partial charge in [-0.15, -0.1) is 0 Å². The monoisotopic (exact) mass is 239 g/mol. The molecule has 2 nitrogen and oxygen atoms in total. The van der Waals surface area contributed by atoms with Gasteiger partial charge >= 0.3 is 0 Å². The van der Waals surface area contributed by atoms with E-state index in [0.29, 0.717) is 12.5 Å². The molecule has 2 saturated carbocycles. The topological polar surface area (TPSA) is 46.2 Å². The van der Waals surface area contributed by atoms with E-state index in [1.165, 1.54) is 32.1 Å². The average Bonchev–Trinajstić information content (AvgIpc) is 2.71. The van der Waals surface area contributed by atoms with Crippen LogP contribution in [-0.4, -0.2) is 17.3 Å². The lowest BCUT2D eigenvalue weighted by molar-refractivity contribution is -0.125. The van der Waals surface area contributed by atoms with E-state index in [1.807, 2.05) is 0 Å². The van der Waals surface area contributed by atoms with Crippen LogP contribution in [0.5, 0.6) is 0 Å². The molecule has 0 aliphatic heterocycles. The number of aliphatic hydroxyl groups is 1. The van der Waals surface area contributed by atoms with E-state index in [1.54, 1.807) is 0 Å². The van der Waals surface area contributed by atoms with Gasteiger partial charge in [0.05, 0.1) is 5.60 Å². The van der Waals surface area contributed by atoms with E-state index in [9.17, 15) is 5.11 Å². The third-order valence-electron chi connectivity index (χ3n) is 5.96. The van der Waals surface area contributed by atoms with Gasteiger partial charge in [-0.25, -0.2) is 0 Å². The summed E-state index contributed by atoms with van der Waals surface area (Å²) in [5, 5.41) is 11.1. The summed E-state index contributed by atoms with van der Waals surface area (Å²) in [7, 11) is 0. The first-order valence-electron chi connectivity index (χ1n) is 7.50. The molecule has 0 spiro atoms. The predicted octanol–water partition coefficient (Wildman–Crippen LogP) is 3.08. The summed E-state index contributed by atoms with van der Waals surface area (Å²) in [6, 6.07) is 0. The summed E-state index contributed by atoms with van der Waals surface area (Å²) in [6.07, 6.45) is 9.43. The molecule has 2 unspecified atom stereocenters. The van der Waals surface area contributed by atoms with Crippen molar-refractivity contribution in [3.8, 4) is 0 Å². The molecule has 2 fully saturated rings. The Hall–Kier alpha value is -0.0800. The Labute approximate surface area is 106 Å². The third-order valence-corrected chi connectivity index (χ3v) is 5.96. The van der Waals surface area contributed by atoms with Crippen LogP contribution in [0.25, 0.3) is 0 Å². The van der Waals surface area contributed by atoms with Crippen molar-refractivity contribution in [3.05, 3.63) is 0 Å². The first-order chi connectivity index (χ1) is 8.08. The molecule has 0 saturated heterocycles. The smallest absolute Gasteiger partial charge is 0.0741 e. The molecule has 2 rings (SSSR count). The molecule has 2 aliphatic rings. The molecule has 3 N–H and O–H groups in total. The standard InChI is InChI=1S/C15H29NO/c1-3-13-6-9-14(11-16,10-7-13)15(17)8-4-5-12(15)2/h12-13,17H,3-11,16H2,1-2H3. The second-order valence-corrected chi connectivity index (χ2v) is 6.55. The molecule has 17 heavy (non-hydrogen) atoms. The summed E-state index contributed by atoms with van der Waals surface area (Å²) in [5.41, 5.74) is 5.64. The predicted molar refractivity (Wildman–Crippen MR) is 71.7 cm³/mol. The first kappa shape index (κ1) is 13.4. The highest BCUT2D eigenvalue weighted by molar-refractivity contribution is 5.06. The van der Waals surface area contributed by atoms with Gasteiger partial charge in [-0.1, -0.05) is 26.7 Å². The highest BCUT2D eigenvalue weighted by Crippen LogP contribution is 2.54. The van der Waals surface area contributed by atoms with Crippen molar-refractivity contribution < 1.29 is 5.11 Å². The van der Waals surface area contributed by atoms with E-state index in [-0.39, 0.29) is 5.41 Å². The Bertz CT molecular complexity index is 258. The molecule has 0 radical (unpaired) electrons. The van der Waals surface area contributed by atoms with Gasteiger partial charge in [0.1, 0.15) is 0 Å². The molecule has 2 heteroatoms. The maximum Gasteiger partial charge on any atom is 0.0741 e. The van der Waals surface area contributed by atoms with Crippen molar-refractivity contribution in [2.75, 3.05) is 6.54 Å². The molecule has 0 bridgehead atoms. The Morgan fingerprint density at radius 3 is 2.24 bits per heavy atom. The van der Waals surface area contributed by atoms with Crippen LogP contribution in [0.15, 0.2) is 0 Å². The van der Waals surface area contributed by atoms with E-state index in [2.05, 4.69) is 13.8 Å². The molecule has 2 aliphatic carbocycles. The van der Waals surface area contributed by atoms with E-state index in [0.717, 1.165) is 25.2 Å². The lowest BCUT2D eigenvalue weighted by Gasteiger charge is -2.51. The van der Waals surface area contributed by atoms with Crippen LogP contribution in [-0.2, 0) is 0 Å². The zero-order valence-corrected chi connectivity index (χ0v) is 11.5. The number of hydrogen-bond acceptors (Lipinski definition) is 2. The van der Waals surface area contributed by atoms with Crippen LogP contribution in [0.2, 0.25) is 0 Å². The quantitative estimate of drug-likeness (QED) is 0.795. The van der Waals surface area contributed by atoms with Gasteiger partial charge in [-0.2, -0.15) is 0 Å². The molecule has 0 amide bonds. The van der Waals surface area contributed by atoms with Gasteiger partial charge < -0.3 is 10.8 Å². The minimum atomic E-state index is -0.472. The van der Waals surface area contributed by atoms with Gasteiger partial charge in [0.2, 0.25) is 0 Å². The molecule has 2 atom stereocenters. The average molecular weight is 239 g/mol. The molecule has 0 aromatic heterocycles. The van der Waals surface area contributed by atoms with Crippen LogP contribution in [0.4, 0.5) is 0 Å². The largest absolute Gasteiger partial charge is 0.389 e. The lowest BCUT2D eigenvalue weighted by Crippen LogP contribution is -2.55. The molecule has 0 heterocycles. The van der Waals surface area contributed by atoms with E-state index >= 15 is 0 Å². The number of nitrogens with two attached hydrogens (primary N) is 1. The van der Waals surface area contributed by atoms with Gasteiger partial charge in [-0.05, 0) is 50.4 Å². The maximum atomic E-state index is 11.1. The third kappa shape index (κ3) is 2.04. The molecular weight excluding hydrogens is 210 g/mol. The van der Waals surface area contributed by atoms with Crippen LogP contribution < -0.4 is 5.73 Å². The summed E-state index contributed by atoms with van der Waals surface area (Å²) in [4.78, 5) is 0. The zero-order chi connectivity index (χ0) is 12.5. The molecular formula is C15H29NO. The van der Waals surface area contributed by atoms with E-state index in [4.69, 9.17) is 5.73 Å². The van der Waals surface area contributed by atoms with E-state index < -0.39 is 5.60 Å². The van der Waals surface area contributed by atoms with Gasteiger partial charge in [0.25, 0.3) is 0 Å².